The summed E-state index contributed by atoms with van der Waals surface area (Å²) in [6, 6.07) is 3.25. The molecule has 0 saturated carbocycles. The molecule has 1 heterocycles. The van der Waals surface area contributed by atoms with Gasteiger partial charge in [0.2, 0.25) is 0 Å². The van der Waals surface area contributed by atoms with Crippen LogP contribution in [-0.4, -0.2) is 27.6 Å². The number of aryl methyl sites for hydroxylation is 2. The molecule has 0 spiro atoms. The predicted molar refractivity (Wildman–Crippen MR) is 74.5 cm³/mol. The Kier molecular flexibility index (Phi) is 3.93. The predicted octanol–water partition coefficient (Wildman–Crippen LogP) is 1.86. The number of benzene rings is 1. The van der Waals surface area contributed by atoms with E-state index in [9.17, 15) is 13.6 Å². The van der Waals surface area contributed by atoms with Gasteiger partial charge in [-0.05, 0) is 13.0 Å². The number of aromatic nitrogens is 2. The summed E-state index contributed by atoms with van der Waals surface area (Å²) in [5.41, 5.74) is 7.16. The zero-order valence-corrected chi connectivity index (χ0v) is 12.0. The lowest BCUT2D eigenvalue weighted by Gasteiger charge is -2.18. The van der Waals surface area contributed by atoms with Gasteiger partial charge in [0.1, 0.15) is 17.3 Å². The summed E-state index contributed by atoms with van der Waals surface area (Å²) in [6.45, 7) is 1.71. The smallest absolute Gasteiger partial charge is 0.274 e. The van der Waals surface area contributed by atoms with Gasteiger partial charge in [0.25, 0.3) is 5.91 Å². The summed E-state index contributed by atoms with van der Waals surface area (Å²) in [6.07, 6.45) is 0. The minimum Gasteiger partial charge on any atom is -0.395 e. The molecule has 0 unspecified atom stereocenters. The Bertz CT molecular complexity index is 697. The molecule has 0 aliphatic rings. The maximum Gasteiger partial charge on any atom is 0.274 e. The third kappa shape index (κ3) is 2.86. The second-order valence-electron chi connectivity index (χ2n) is 4.87. The van der Waals surface area contributed by atoms with E-state index in [2.05, 4.69) is 5.10 Å². The van der Waals surface area contributed by atoms with Crippen molar-refractivity contribution >= 4 is 11.6 Å². The second kappa shape index (κ2) is 5.51. The highest BCUT2D eigenvalue weighted by molar-refractivity contribution is 5.97. The summed E-state index contributed by atoms with van der Waals surface area (Å²) >= 11 is 0. The van der Waals surface area contributed by atoms with E-state index in [1.807, 2.05) is 0 Å². The highest BCUT2D eigenvalue weighted by atomic mass is 19.1. The van der Waals surface area contributed by atoms with Gasteiger partial charge in [-0.25, -0.2) is 8.78 Å². The Morgan fingerprint density at radius 3 is 2.62 bits per heavy atom. The number of nitrogens with two attached hydrogens (primary N) is 1. The lowest BCUT2D eigenvalue weighted by atomic mass is 10.2. The van der Waals surface area contributed by atoms with Gasteiger partial charge in [0, 0.05) is 32.3 Å². The third-order valence-electron chi connectivity index (χ3n) is 3.24. The van der Waals surface area contributed by atoms with Gasteiger partial charge >= 0.3 is 0 Å². The molecule has 0 saturated heterocycles. The lowest BCUT2D eigenvalue weighted by Crippen LogP contribution is -2.29. The molecule has 0 fully saturated rings. The molecule has 1 aromatic heterocycles. The zero-order chi connectivity index (χ0) is 15.7. The third-order valence-corrected chi connectivity index (χ3v) is 3.24. The maximum atomic E-state index is 13.6. The van der Waals surface area contributed by atoms with Gasteiger partial charge in [-0.1, -0.05) is 6.07 Å². The van der Waals surface area contributed by atoms with Crippen molar-refractivity contribution in [1.82, 2.24) is 14.7 Å². The fraction of sp³-hybridized carbons (Fsp3) is 0.286. The average molecular weight is 294 g/mol. The van der Waals surface area contributed by atoms with Gasteiger partial charge in [-0.2, -0.15) is 5.10 Å². The van der Waals surface area contributed by atoms with Crippen LogP contribution in [0.5, 0.6) is 0 Å². The molecule has 2 aromatic rings. The summed E-state index contributed by atoms with van der Waals surface area (Å²) < 4.78 is 27.9. The van der Waals surface area contributed by atoms with E-state index >= 15 is 0 Å². The molecule has 0 atom stereocenters. The van der Waals surface area contributed by atoms with E-state index in [-0.39, 0.29) is 23.7 Å². The maximum absolute atomic E-state index is 13.6. The van der Waals surface area contributed by atoms with Crippen molar-refractivity contribution in [2.75, 3.05) is 12.8 Å². The minimum atomic E-state index is -0.691. The molecule has 1 aromatic carbocycles. The number of halogens is 2. The zero-order valence-electron chi connectivity index (χ0n) is 12.0. The number of hydrogen-bond acceptors (Lipinski definition) is 3. The standard InChI is InChI=1S/C14H16F2N4O/c1-8-12(17)13(20(3)18-8)14(21)19(2)7-9-4-5-10(15)6-11(9)16/h4-6H,7,17H2,1-3H3. The Morgan fingerprint density at radius 1 is 1.43 bits per heavy atom. The first-order valence-corrected chi connectivity index (χ1v) is 6.29. The summed E-state index contributed by atoms with van der Waals surface area (Å²) in [5.74, 6) is -1.72. The van der Waals surface area contributed by atoms with Gasteiger partial charge in [-0.15, -0.1) is 0 Å². The van der Waals surface area contributed by atoms with Crippen LogP contribution in [0, 0.1) is 18.6 Å². The quantitative estimate of drug-likeness (QED) is 0.939. The number of hydrogen-bond donors (Lipinski definition) is 1. The van der Waals surface area contributed by atoms with Crippen LogP contribution in [-0.2, 0) is 13.6 Å². The molecule has 21 heavy (non-hydrogen) atoms. The summed E-state index contributed by atoms with van der Waals surface area (Å²) in [4.78, 5) is 13.7. The molecule has 0 bridgehead atoms. The Balaban J connectivity index is 2.23. The molecule has 7 heteroatoms. The SMILES string of the molecule is Cc1nn(C)c(C(=O)N(C)Cc2ccc(F)cc2F)c1N. The van der Waals surface area contributed by atoms with Crippen LogP contribution in [0.3, 0.4) is 0 Å². The fourth-order valence-electron chi connectivity index (χ4n) is 2.09. The largest absolute Gasteiger partial charge is 0.395 e. The van der Waals surface area contributed by atoms with E-state index in [1.165, 1.54) is 22.7 Å². The van der Waals surface area contributed by atoms with Crippen molar-refractivity contribution in [2.24, 2.45) is 7.05 Å². The van der Waals surface area contributed by atoms with Crippen LogP contribution < -0.4 is 5.73 Å². The lowest BCUT2D eigenvalue weighted by molar-refractivity contribution is 0.0774. The van der Waals surface area contributed by atoms with Gasteiger partial charge < -0.3 is 10.6 Å². The highest BCUT2D eigenvalue weighted by Gasteiger charge is 2.22. The van der Waals surface area contributed by atoms with Crippen LogP contribution in [0.15, 0.2) is 18.2 Å². The molecular formula is C14H16F2N4O. The molecule has 0 radical (unpaired) electrons. The van der Waals surface area contributed by atoms with Crippen LogP contribution in [0.1, 0.15) is 21.7 Å². The van der Waals surface area contributed by atoms with E-state index in [0.717, 1.165) is 12.1 Å². The fourth-order valence-corrected chi connectivity index (χ4v) is 2.09. The van der Waals surface area contributed by atoms with Crippen LogP contribution >= 0.6 is 0 Å². The molecule has 5 nitrogen and oxygen atoms in total. The Labute approximate surface area is 121 Å². The monoisotopic (exact) mass is 294 g/mol. The number of carbonyl (C=O) groups excluding carboxylic acids is 1. The molecule has 0 aliphatic carbocycles. The van der Waals surface area contributed by atoms with Gasteiger partial charge in [0.05, 0.1) is 11.4 Å². The Morgan fingerprint density at radius 2 is 2.10 bits per heavy atom. The number of carbonyl (C=O) groups is 1. The number of rotatable bonds is 3. The molecule has 1 amide bonds. The Hall–Kier alpha value is -2.44. The van der Waals surface area contributed by atoms with Crippen molar-refractivity contribution in [1.29, 1.82) is 0 Å². The summed E-state index contributed by atoms with van der Waals surface area (Å²) in [5, 5.41) is 4.07. The van der Waals surface area contributed by atoms with Crippen LogP contribution in [0.4, 0.5) is 14.5 Å². The number of amides is 1. The van der Waals surface area contributed by atoms with Crippen molar-refractivity contribution in [3.05, 3.63) is 46.8 Å². The highest BCUT2D eigenvalue weighted by Crippen LogP contribution is 2.19. The van der Waals surface area contributed by atoms with E-state index in [0.29, 0.717) is 11.4 Å². The topological polar surface area (TPSA) is 64.2 Å². The van der Waals surface area contributed by atoms with Gasteiger partial charge in [0.15, 0.2) is 0 Å². The average Bonchev–Trinajstić information content (AvgIpc) is 2.66. The van der Waals surface area contributed by atoms with Crippen molar-refractivity contribution in [2.45, 2.75) is 13.5 Å². The first-order chi connectivity index (χ1) is 9.81. The second-order valence-corrected chi connectivity index (χ2v) is 4.87. The first kappa shape index (κ1) is 15.0. The molecule has 112 valence electrons. The van der Waals surface area contributed by atoms with E-state index < -0.39 is 11.6 Å². The van der Waals surface area contributed by atoms with Crippen molar-refractivity contribution in [3.63, 3.8) is 0 Å². The van der Waals surface area contributed by atoms with Gasteiger partial charge in [-0.3, -0.25) is 9.48 Å². The minimum absolute atomic E-state index is 0.00855. The number of nitrogens with zero attached hydrogens (tertiary/aromatic N) is 3. The normalized spacial score (nSPS) is 10.7. The molecule has 2 rings (SSSR count). The molecule has 0 aliphatic heterocycles. The van der Waals surface area contributed by atoms with Crippen molar-refractivity contribution < 1.29 is 13.6 Å². The van der Waals surface area contributed by atoms with Crippen LogP contribution in [0.25, 0.3) is 0 Å². The van der Waals surface area contributed by atoms with Crippen molar-refractivity contribution in [3.8, 4) is 0 Å². The first-order valence-electron chi connectivity index (χ1n) is 6.29. The van der Waals surface area contributed by atoms with E-state index in [4.69, 9.17) is 5.73 Å². The van der Waals surface area contributed by atoms with Crippen LogP contribution in [0.2, 0.25) is 0 Å². The van der Waals surface area contributed by atoms with E-state index in [1.54, 1.807) is 14.0 Å². The molecule has 2 N–H and O–H groups in total. The molecular weight excluding hydrogens is 278 g/mol. The number of nitrogen functional groups attached to an aromatic ring is 1. The number of anilines is 1. The summed E-state index contributed by atoms with van der Waals surface area (Å²) in [7, 11) is 3.13.